The fraction of sp³-hybridized carbons (Fsp3) is 0.419. The topological polar surface area (TPSA) is 9.23 Å². The SMILES string of the molecule is C[C@@H](CCCC[P+](c1ccccc1)(c1ccccc1)c1ccccc1)CO[Si](C)(C)C(C)(C)C.[I-]. The van der Waals surface area contributed by atoms with Crippen LogP contribution in [0.5, 0.6) is 0 Å². The third-order valence-electron chi connectivity index (χ3n) is 7.57. The second kappa shape index (κ2) is 13.5. The van der Waals surface area contributed by atoms with Gasteiger partial charge in [0, 0.05) is 6.61 Å². The maximum absolute atomic E-state index is 6.51. The normalized spacial score (nSPS) is 13.2. The van der Waals surface area contributed by atoms with E-state index in [1.807, 2.05) is 0 Å². The van der Waals surface area contributed by atoms with Crippen molar-refractivity contribution in [2.24, 2.45) is 5.92 Å². The highest BCUT2D eigenvalue weighted by Gasteiger charge is 2.44. The van der Waals surface area contributed by atoms with E-state index in [1.54, 1.807) is 0 Å². The summed E-state index contributed by atoms with van der Waals surface area (Å²) in [6, 6.07) is 33.7. The summed E-state index contributed by atoms with van der Waals surface area (Å²) in [6.07, 6.45) is 4.92. The van der Waals surface area contributed by atoms with Crippen LogP contribution in [0.15, 0.2) is 91.0 Å². The Kier molecular flexibility index (Phi) is 11.7. The van der Waals surface area contributed by atoms with Gasteiger partial charge in [0.1, 0.15) is 23.2 Å². The molecule has 0 heterocycles. The first kappa shape index (κ1) is 30.2. The molecule has 35 heavy (non-hydrogen) atoms. The Morgan fingerprint density at radius 2 is 1.11 bits per heavy atom. The van der Waals surface area contributed by atoms with Crippen LogP contribution in [0, 0.1) is 5.92 Å². The van der Waals surface area contributed by atoms with Gasteiger partial charge in [-0.25, -0.2) is 0 Å². The molecule has 0 amide bonds. The molecule has 0 aliphatic carbocycles. The summed E-state index contributed by atoms with van der Waals surface area (Å²) in [5.74, 6) is 0.604. The average Bonchev–Trinajstić information content (AvgIpc) is 2.84. The molecule has 1 atom stereocenters. The summed E-state index contributed by atoms with van der Waals surface area (Å²) in [5.41, 5.74) is 0. The highest BCUT2D eigenvalue weighted by Crippen LogP contribution is 2.56. The minimum Gasteiger partial charge on any atom is -1.00 e. The first-order chi connectivity index (χ1) is 16.2. The highest BCUT2D eigenvalue weighted by atomic mass is 127. The Morgan fingerprint density at radius 1 is 0.714 bits per heavy atom. The van der Waals surface area contributed by atoms with Crippen LogP contribution in [0.25, 0.3) is 0 Å². The van der Waals surface area contributed by atoms with Gasteiger partial charge in [-0.2, -0.15) is 0 Å². The van der Waals surface area contributed by atoms with Crippen molar-refractivity contribution in [2.45, 2.75) is 65.1 Å². The van der Waals surface area contributed by atoms with Gasteiger partial charge in [0.15, 0.2) is 8.32 Å². The smallest absolute Gasteiger partial charge is 0.191 e. The van der Waals surface area contributed by atoms with E-state index < -0.39 is 15.6 Å². The van der Waals surface area contributed by atoms with Crippen LogP contribution in [0.4, 0.5) is 0 Å². The van der Waals surface area contributed by atoms with Crippen molar-refractivity contribution in [3.63, 3.8) is 0 Å². The van der Waals surface area contributed by atoms with E-state index in [2.05, 4.69) is 132 Å². The Hall–Kier alpha value is -1.00. The third-order valence-corrected chi connectivity index (χ3v) is 16.6. The molecule has 3 rings (SSSR count). The van der Waals surface area contributed by atoms with Gasteiger partial charge in [0.25, 0.3) is 0 Å². The summed E-state index contributed by atoms with van der Waals surface area (Å²) >= 11 is 0. The van der Waals surface area contributed by atoms with Crippen LogP contribution in [0.2, 0.25) is 18.1 Å². The molecule has 0 unspecified atom stereocenters. The zero-order valence-corrected chi connectivity index (χ0v) is 26.6. The number of hydrogen-bond donors (Lipinski definition) is 0. The Bertz CT molecular complexity index is 890. The Labute approximate surface area is 233 Å². The zero-order chi connectivity index (χ0) is 24.7. The molecule has 0 saturated carbocycles. The van der Waals surface area contributed by atoms with Crippen LogP contribution in [-0.2, 0) is 4.43 Å². The van der Waals surface area contributed by atoms with E-state index in [-0.39, 0.29) is 29.0 Å². The average molecular weight is 619 g/mol. The fourth-order valence-electron chi connectivity index (χ4n) is 4.37. The summed E-state index contributed by atoms with van der Waals surface area (Å²) in [6.45, 7) is 14.9. The molecular formula is C31H44IOPSi. The lowest BCUT2D eigenvalue weighted by atomic mass is 10.1. The van der Waals surface area contributed by atoms with Crippen molar-refractivity contribution < 1.29 is 28.4 Å². The van der Waals surface area contributed by atoms with Gasteiger partial charge in [-0.15, -0.1) is 0 Å². The largest absolute Gasteiger partial charge is 1.00 e. The molecule has 0 fully saturated rings. The molecule has 3 aromatic rings. The van der Waals surface area contributed by atoms with Crippen molar-refractivity contribution in [1.82, 2.24) is 0 Å². The Morgan fingerprint density at radius 3 is 1.49 bits per heavy atom. The minimum absolute atomic E-state index is 0. The quantitative estimate of drug-likeness (QED) is 0.130. The molecule has 0 spiro atoms. The second-order valence-electron chi connectivity index (χ2n) is 11.2. The summed E-state index contributed by atoms with van der Waals surface area (Å²) in [7, 11) is -3.37. The van der Waals surface area contributed by atoms with E-state index in [0.717, 1.165) is 6.61 Å². The van der Waals surface area contributed by atoms with Crippen LogP contribution < -0.4 is 39.9 Å². The molecule has 190 valence electrons. The Balaban J connectivity index is 0.00000432. The van der Waals surface area contributed by atoms with Gasteiger partial charge in [-0.05, 0) is 79.7 Å². The van der Waals surface area contributed by atoms with Gasteiger partial charge in [-0.1, -0.05) is 82.3 Å². The monoisotopic (exact) mass is 618 g/mol. The zero-order valence-electron chi connectivity index (χ0n) is 22.5. The van der Waals surface area contributed by atoms with Gasteiger partial charge in [-0.3, -0.25) is 0 Å². The number of halogens is 1. The van der Waals surface area contributed by atoms with Crippen molar-refractivity contribution in [3.8, 4) is 0 Å². The lowest BCUT2D eigenvalue weighted by molar-refractivity contribution is -0.00000799. The summed E-state index contributed by atoms with van der Waals surface area (Å²) in [5, 5.41) is 4.74. The van der Waals surface area contributed by atoms with E-state index in [1.165, 1.54) is 41.3 Å². The molecule has 0 N–H and O–H groups in total. The van der Waals surface area contributed by atoms with E-state index in [0.29, 0.717) is 5.92 Å². The predicted molar refractivity (Wildman–Crippen MR) is 156 cm³/mol. The highest BCUT2D eigenvalue weighted by molar-refractivity contribution is 7.95. The molecule has 0 saturated heterocycles. The number of unbranched alkanes of at least 4 members (excludes halogenated alkanes) is 1. The van der Waals surface area contributed by atoms with Gasteiger partial charge in [0.2, 0.25) is 0 Å². The molecule has 0 aliphatic rings. The van der Waals surface area contributed by atoms with Gasteiger partial charge < -0.3 is 28.4 Å². The first-order valence-corrected chi connectivity index (χ1v) is 17.7. The fourth-order valence-corrected chi connectivity index (χ4v) is 9.92. The van der Waals surface area contributed by atoms with Crippen LogP contribution in [-0.4, -0.2) is 21.1 Å². The van der Waals surface area contributed by atoms with Crippen LogP contribution >= 0.6 is 7.26 Å². The van der Waals surface area contributed by atoms with Gasteiger partial charge in [0.05, 0.1) is 6.16 Å². The number of benzene rings is 3. The molecule has 0 radical (unpaired) electrons. The van der Waals surface area contributed by atoms with Crippen molar-refractivity contribution >= 4 is 31.5 Å². The molecule has 0 aliphatic heterocycles. The molecule has 4 heteroatoms. The summed E-state index contributed by atoms with van der Waals surface area (Å²) in [4.78, 5) is 0. The van der Waals surface area contributed by atoms with Crippen molar-refractivity contribution in [3.05, 3.63) is 91.0 Å². The standard InChI is InChI=1S/C31H44OPSi.HI/c1-27(26-32-34(5,6)31(2,3)4)18-16-17-25-33(28-19-10-7-11-20-28,29-21-12-8-13-22-29)30-23-14-9-15-24-30;/h7-15,19-24,27H,16-18,25-26H2,1-6H3;1H/q+1;/p-1/t27-;/m0./s1. The molecule has 0 bridgehead atoms. The van der Waals surface area contributed by atoms with Crippen LogP contribution in [0.3, 0.4) is 0 Å². The van der Waals surface area contributed by atoms with E-state index >= 15 is 0 Å². The molecular weight excluding hydrogens is 574 g/mol. The van der Waals surface area contributed by atoms with E-state index in [9.17, 15) is 0 Å². The molecule has 3 aromatic carbocycles. The minimum atomic E-state index is -1.70. The third kappa shape index (κ3) is 7.74. The number of hydrogen-bond acceptors (Lipinski definition) is 1. The van der Waals surface area contributed by atoms with Crippen LogP contribution in [0.1, 0.15) is 47.0 Å². The lowest BCUT2D eigenvalue weighted by Gasteiger charge is -2.37. The summed E-state index contributed by atoms with van der Waals surface area (Å²) < 4.78 is 6.51. The lowest BCUT2D eigenvalue weighted by Crippen LogP contribution is -3.00. The maximum atomic E-state index is 6.51. The molecule has 1 nitrogen and oxygen atoms in total. The predicted octanol–water partition coefficient (Wildman–Crippen LogP) is 4.81. The number of rotatable bonds is 11. The van der Waals surface area contributed by atoms with Gasteiger partial charge >= 0.3 is 0 Å². The van der Waals surface area contributed by atoms with Crippen molar-refractivity contribution in [1.29, 1.82) is 0 Å². The molecule has 0 aromatic heterocycles. The second-order valence-corrected chi connectivity index (χ2v) is 19.6. The first-order valence-electron chi connectivity index (χ1n) is 12.9. The van der Waals surface area contributed by atoms with Crippen molar-refractivity contribution in [2.75, 3.05) is 12.8 Å². The van der Waals surface area contributed by atoms with E-state index in [4.69, 9.17) is 4.43 Å². The maximum Gasteiger partial charge on any atom is 0.191 e.